The molecule has 0 saturated carbocycles. The number of aromatic carboxylic acids is 1. The molecule has 0 aliphatic rings. The van der Waals surface area contributed by atoms with Crippen LogP contribution < -0.4 is 5.43 Å². The number of H-pyrrole nitrogens is 1. The Morgan fingerprint density at radius 2 is 1.82 bits per heavy atom. The Morgan fingerprint density at radius 3 is 2.41 bits per heavy atom. The molecule has 0 aliphatic heterocycles. The van der Waals surface area contributed by atoms with Gasteiger partial charge in [0.1, 0.15) is 5.69 Å². The number of aromatic nitrogens is 1. The van der Waals surface area contributed by atoms with Crippen LogP contribution in [-0.2, 0) is 0 Å². The van der Waals surface area contributed by atoms with Crippen molar-refractivity contribution in [3.05, 3.63) is 57.9 Å². The molecule has 1 aromatic heterocycles. The van der Waals surface area contributed by atoms with E-state index in [2.05, 4.69) is 4.98 Å². The highest BCUT2D eigenvalue weighted by atomic mass is 16.4. The van der Waals surface area contributed by atoms with Crippen molar-refractivity contribution in [3.8, 4) is 11.3 Å². The number of carboxylic acid groups (broad SMARTS) is 1. The number of aromatic amines is 1. The molecule has 0 bridgehead atoms. The molecule has 2 N–H and O–H groups in total. The highest BCUT2D eigenvalue weighted by Gasteiger charge is 2.07. The molecule has 1 aromatic carbocycles. The number of carboxylic acids is 1. The SMILES string of the molecule is Cc1ccc(-c2cc(=O)cc(C(=O)O)[nH]2)cc1. The van der Waals surface area contributed by atoms with Crippen molar-refractivity contribution in [1.29, 1.82) is 0 Å². The van der Waals surface area contributed by atoms with Crippen molar-refractivity contribution in [2.45, 2.75) is 6.92 Å². The summed E-state index contributed by atoms with van der Waals surface area (Å²) >= 11 is 0. The van der Waals surface area contributed by atoms with Crippen LogP contribution in [0.3, 0.4) is 0 Å². The van der Waals surface area contributed by atoms with Crippen LogP contribution >= 0.6 is 0 Å². The molecule has 0 aliphatic carbocycles. The molecule has 0 unspecified atom stereocenters. The van der Waals surface area contributed by atoms with Gasteiger partial charge in [-0.3, -0.25) is 4.79 Å². The van der Waals surface area contributed by atoms with Gasteiger partial charge in [0, 0.05) is 17.8 Å². The third kappa shape index (κ3) is 2.42. The molecule has 4 heteroatoms. The van der Waals surface area contributed by atoms with Crippen LogP contribution in [0.25, 0.3) is 11.3 Å². The first-order valence-corrected chi connectivity index (χ1v) is 5.11. The Kier molecular flexibility index (Phi) is 2.78. The fraction of sp³-hybridized carbons (Fsp3) is 0.0769. The zero-order chi connectivity index (χ0) is 12.4. The second kappa shape index (κ2) is 4.25. The molecule has 0 fully saturated rings. The summed E-state index contributed by atoms with van der Waals surface area (Å²) in [6, 6.07) is 9.94. The van der Waals surface area contributed by atoms with Crippen molar-refractivity contribution < 1.29 is 9.90 Å². The number of hydrogen-bond donors (Lipinski definition) is 2. The van der Waals surface area contributed by atoms with Crippen LogP contribution in [0.4, 0.5) is 0 Å². The Morgan fingerprint density at radius 1 is 1.18 bits per heavy atom. The second-order valence-electron chi connectivity index (χ2n) is 3.81. The van der Waals surface area contributed by atoms with Gasteiger partial charge < -0.3 is 10.1 Å². The summed E-state index contributed by atoms with van der Waals surface area (Å²) in [7, 11) is 0. The summed E-state index contributed by atoms with van der Waals surface area (Å²) in [6.45, 7) is 1.96. The van der Waals surface area contributed by atoms with Gasteiger partial charge in [-0.25, -0.2) is 4.79 Å². The topological polar surface area (TPSA) is 70.2 Å². The first kappa shape index (κ1) is 11.1. The lowest BCUT2D eigenvalue weighted by Crippen LogP contribution is -2.09. The molecular weight excluding hydrogens is 218 g/mol. The molecular formula is C13H11NO3. The minimum atomic E-state index is -1.14. The fourth-order valence-electron chi connectivity index (χ4n) is 1.55. The van der Waals surface area contributed by atoms with E-state index in [4.69, 9.17) is 5.11 Å². The predicted octanol–water partition coefficient (Wildman–Crippen LogP) is 2.05. The van der Waals surface area contributed by atoms with Gasteiger partial charge in [0.05, 0.1) is 0 Å². The maximum Gasteiger partial charge on any atom is 0.352 e. The first-order chi connectivity index (χ1) is 8.06. The third-order valence-electron chi connectivity index (χ3n) is 2.44. The maximum atomic E-state index is 11.4. The van der Waals surface area contributed by atoms with Crippen LogP contribution in [0.5, 0.6) is 0 Å². The van der Waals surface area contributed by atoms with Gasteiger partial charge in [-0.05, 0) is 12.5 Å². The molecule has 17 heavy (non-hydrogen) atoms. The lowest BCUT2D eigenvalue weighted by atomic mass is 10.1. The van der Waals surface area contributed by atoms with Crippen LogP contribution in [0.15, 0.2) is 41.2 Å². The zero-order valence-corrected chi connectivity index (χ0v) is 9.23. The molecule has 86 valence electrons. The summed E-state index contributed by atoms with van der Waals surface area (Å²) < 4.78 is 0. The average molecular weight is 229 g/mol. The zero-order valence-electron chi connectivity index (χ0n) is 9.23. The van der Waals surface area contributed by atoms with Gasteiger partial charge in [-0.1, -0.05) is 29.8 Å². The average Bonchev–Trinajstić information content (AvgIpc) is 2.29. The van der Waals surface area contributed by atoms with Crippen molar-refractivity contribution in [1.82, 2.24) is 4.98 Å². The van der Waals surface area contributed by atoms with Crippen LogP contribution in [0.2, 0.25) is 0 Å². The Bertz CT molecular complexity index is 611. The number of nitrogens with one attached hydrogen (secondary N) is 1. The lowest BCUT2D eigenvalue weighted by molar-refractivity contribution is 0.0690. The van der Waals surface area contributed by atoms with E-state index in [1.54, 1.807) is 0 Å². The molecule has 2 aromatic rings. The van der Waals surface area contributed by atoms with Crippen LogP contribution in [-0.4, -0.2) is 16.1 Å². The largest absolute Gasteiger partial charge is 0.477 e. The Hall–Kier alpha value is -2.36. The molecule has 2 rings (SSSR count). The molecule has 4 nitrogen and oxygen atoms in total. The third-order valence-corrected chi connectivity index (χ3v) is 2.44. The fourth-order valence-corrected chi connectivity index (χ4v) is 1.55. The van der Waals surface area contributed by atoms with E-state index in [1.165, 1.54) is 6.07 Å². The second-order valence-corrected chi connectivity index (χ2v) is 3.81. The predicted molar refractivity (Wildman–Crippen MR) is 64.2 cm³/mol. The monoisotopic (exact) mass is 229 g/mol. The summed E-state index contributed by atoms with van der Waals surface area (Å²) in [4.78, 5) is 24.9. The normalized spacial score (nSPS) is 10.2. The van der Waals surface area contributed by atoms with Gasteiger partial charge in [0.2, 0.25) is 0 Å². The molecule has 0 spiro atoms. The van der Waals surface area contributed by atoms with E-state index < -0.39 is 5.97 Å². The van der Waals surface area contributed by atoms with Gasteiger partial charge >= 0.3 is 5.97 Å². The number of benzene rings is 1. The smallest absolute Gasteiger partial charge is 0.352 e. The van der Waals surface area contributed by atoms with E-state index in [0.717, 1.165) is 17.2 Å². The van der Waals surface area contributed by atoms with Crippen LogP contribution in [0, 0.1) is 6.92 Å². The molecule has 0 amide bonds. The van der Waals surface area contributed by atoms with E-state index in [1.807, 2.05) is 31.2 Å². The molecule has 0 atom stereocenters. The van der Waals surface area contributed by atoms with Crippen molar-refractivity contribution in [3.63, 3.8) is 0 Å². The number of carbonyl (C=O) groups is 1. The van der Waals surface area contributed by atoms with Crippen molar-refractivity contribution >= 4 is 5.97 Å². The van der Waals surface area contributed by atoms with Gasteiger partial charge in [0.25, 0.3) is 0 Å². The minimum absolute atomic E-state index is 0.104. The Balaban J connectivity index is 2.55. The highest BCUT2D eigenvalue weighted by molar-refractivity contribution is 5.86. The van der Waals surface area contributed by atoms with Crippen LogP contribution in [0.1, 0.15) is 16.1 Å². The lowest BCUT2D eigenvalue weighted by Gasteiger charge is -2.03. The van der Waals surface area contributed by atoms with Gasteiger partial charge in [-0.15, -0.1) is 0 Å². The first-order valence-electron chi connectivity index (χ1n) is 5.11. The summed E-state index contributed by atoms with van der Waals surface area (Å²) in [5, 5.41) is 8.85. The van der Waals surface area contributed by atoms with Gasteiger partial charge in [0.15, 0.2) is 5.43 Å². The van der Waals surface area contributed by atoms with Crippen molar-refractivity contribution in [2.75, 3.05) is 0 Å². The maximum absolute atomic E-state index is 11.4. The summed E-state index contributed by atoms with van der Waals surface area (Å²) in [6.07, 6.45) is 0. The summed E-state index contributed by atoms with van der Waals surface area (Å²) in [5.41, 5.74) is 1.97. The van der Waals surface area contributed by atoms with E-state index in [9.17, 15) is 9.59 Å². The van der Waals surface area contributed by atoms with E-state index in [0.29, 0.717) is 5.69 Å². The number of aryl methyl sites for hydroxylation is 1. The minimum Gasteiger partial charge on any atom is -0.477 e. The quantitative estimate of drug-likeness (QED) is 0.827. The number of pyridine rings is 1. The summed E-state index contributed by atoms with van der Waals surface area (Å²) in [5.74, 6) is -1.14. The van der Waals surface area contributed by atoms with E-state index in [-0.39, 0.29) is 11.1 Å². The highest BCUT2D eigenvalue weighted by Crippen LogP contribution is 2.16. The van der Waals surface area contributed by atoms with Gasteiger partial charge in [-0.2, -0.15) is 0 Å². The number of rotatable bonds is 2. The number of hydrogen-bond acceptors (Lipinski definition) is 2. The van der Waals surface area contributed by atoms with E-state index >= 15 is 0 Å². The standard InChI is InChI=1S/C13H11NO3/c1-8-2-4-9(5-3-8)11-6-10(15)7-12(14-11)13(16)17/h2-7H,1H3,(H,14,15)(H,16,17). The molecule has 1 heterocycles. The molecule has 0 radical (unpaired) electrons. The Labute approximate surface area is 97.6 Å². The molecule has 0 saturated heterocycles. The van der Waals surface area contributed by atoms with Crippen molar-refractivity contribution in [2.24, 2.45) is 0 Å².